The van der Waals surface area contributed by atoms with Crippen LogP contribution in [-0.2, 0) is 28.6 Å². The highest BCUT2D eigenvalue weighted by molar-refractivity contribution is 5.85. The van der Waals surface area contributed by atoms with Crippen molar-refractivity contribution in [1.82, 2.24) is 5.32 Å². The molecule has 0 aromatic heterocycles. The van der Waals surface area contributed by atoms with E-state index in [1.165, 1.54) is 14.2 Å². The van der Waals surface area contributed by atoms with E-state index in [1.54, 1.807) is 20.8 Å². The van der Waals surface area contributed by atoms with Crippen molar-refractivity contribution in [3.05, 3.63) is 0 Å². The van der Waals surface area contributed by atoms with Crippen LogP contribution in [-0.4, -0.2) is 50.3 Å². The quantitative estimate of drug-likeness (QED) is 0.683. The molecule has 1 N–H and O–H groups in total. The zero-order valence-electron chi connectivity index (χ0n) is 12.6. The highest BCUT2D eigenvalue weighted by atomic mass is 16.6. The standard InChI is InChI=1S/C13H23NO6/c1-13(2,3)20-11(16)7-6-9(12(17)19-5)14-10(15)8-18-4/h9H,6-8H2,1-5H3,(H,14,15)/t9-/m0/s1. The first-order valence-corrected chi connectivity index (χ1v) is 6.27. The number of carbonyl (C=O) groups is 3. The number of hydrogen-bond acceptors (Lipinski definition) is 6. The van der Waals surface area contributed by atoms with Crippen molar-refractivity contribution in [2.24, 2.45) is 0 Å². The first-order valence-electron chi connectivity index (χ1n) is 6.27. The number of rotatable bonds is 7. The van der Waals surface area contributed by atoms with E-state index < -0.39 is 29.5 Å². The molecule has 116 valence electrons. The summed E-state index contributed by atoms with van der Waals surface area (Å²) in [6.45, 7) is 5.09. The lowest BCUT2D eigenvalue weighted by molar-refractivity contribution is -0.155. The van der Waals surface area contributed by atoms with Crippen molar-refractivity contribution in [1.29, 1.82) is 0 Å². The number of methoxy groups -OCH3 is 2. The Labute approximate surface area is 118 Å². The number of carbonyl (C=O) groups excluding carboxylic acids is 3. The summed E-state index contributed by atoms with van der Waals surface area (Å²) in [6, 6.07) is -0.893. The normalized spacial score (nSPS) is 12.4. The Kier molecular flexibility index (Phi) is 7.83. The summed E-state index contributed by atoms with van der Waals surface area (Å²) in [5, 5.41) is 2.44. The number of ether oxygens (including phenoxy) is 3. The lowest BCUT2D eigenvalue weighted by Crippen LogP contribution is -2.43. The summed E-state index contributed by atoms with van der Waals surface area (Å²) < 4.78 is 14.4. The van der Waals surface area contributed by atoms with Crippen molar-refractivity contribution >= 4 is 17.8 Å². The van der Waals surface area contributed by atoms with Crippen LogP contribution in [0.5, 0.6) is 0 Å². The van der Waals surface area contributed by atoms with Gasteiger partial charge in [-0.2, -0.15) is 0 Å². The largest absolute Gasteiger partial charge is 0.467 e. The molecule has 0 aliphatic heterocycles. The maximum atomic E-state index is 11.6. The van der Waals surface area contributed by atoms with Gasteiger partial charge in [0.2, 0.25) is 5.91 Å². The predicted octanol–water partition coefficient (Wildman–Crippen LogP) is 0.413. The molecule has 0 aromatic carbocycles. The van der Waals surface area contributed by atoms with E-state index in [2.05, 4.69) is 14.8 Å². The summed E-state index contributed by atoms with van der Waals surface area (Å²) in [5.74, 6) is -1.50. The number of amides is 1. The van der Waals surface area contributed by atoms with Crippen LogP contribution in [0.4, 0.5) is 0 Å². The maximum absolute atomic E-state index is 11.6. The number of nitrogens with one attached hydrogen (secondary N) is 1. The third-order valence-electron chi connectivity index (χ3n) is 2.15. The fourth-order valence-electron chi connectivity index (χ4n) is 1.41. The molecule has 0 spiro atoms. The molecule has 7 heteroatoms. The Morgan fingerprint density at radius 1 is 1.15 bits per heavy atom. The van der Waals surface area contributed by atoms with Crippen LogP contribution in [0.15, 0.2) is 0 Å². The van der Waals surface area contributed by atoms with E-state index in [0.717, 1.165) is 0 Å². The van der Waals surface area contributed by atoms with Crippen molar-refractivity contribution in [2.75, 3.05) is 20.8 Å². The fourth-order valence-corrected chi connectivity index (χ4v) is 1.41. The van der Waals surface area contributed by atoms with Crippen LogP contribution in [0.1, 0.15) is 33.6 Å². The fraction of sp³-hybridized carbons (Fsp3) is 0.769. The van der Waals surface area contributed by atoms with Gasteiger partial charge in [0.25, 0.3) is 0 Å². The average Bonchev–Trinajstić information content (AvgIpc) is 2.31. The molecular formula is C13H23NO6. The number of esters is 2. The van der Waals surface area contributed by atoms with Gasteiger partial charge in [-0.1, -0.05) is 0 Å². The van der Waals surface area contributed by atoms with Crippen LogP contribution in [0.25, 0.3) is 0 Å². The molecule has 0 heterocycles. The molecule has 0 rings (SSSR count). The summed E-state index contributed by atoms with van der Waals surface area (Å²) in [5.41, 5.74) is -0.586. The second kappa shape index (κ2) is 8.52. The van der Waals surface area contributed by atoms with Gasteiger partial charge in [0, 0.05) is 13.5 Å². The minimum atomic E-state index is -0.893. The molecule has 0 aliphatic carbocycles. The summed E-state index contributed by atoms with van der Waals surface area (Å²) in [6.07, 6.45) is 0.112. The van der Waals surface area contributed by atoms with Gasteiger partial charge in [0.15, 0.2) is 0 Å². The van der Waals surface area contributed by atoms with Gasteiger partial charge in [-0.25, -0.2) is 4.79 Å². The van der Waals surface area contributed by atoms with Gasteiger partial charge in [-0.3, -0.25) is 9.59 Å². The molecule has 0 radical (unpaired) electrons. The van der Waals surface area contributed by atoms with Crippen LogP contribution in [0.2, 0.25) is 0 Å². The minimum absolute atomic E-state index is 0.00426. The van der Waals surface area contributed by atoms with Gasteiger partial charge >= 0.3 is 11.9 Å². The van der Waals surface area contributed by atoms with E-state index in [-0.39, 0.29) is 19.4 Å². The average molecular weight is 289 g/mol. The highest BCUT2D eigenvalue weighted by Gasteiger charge is 2.24. The predicted molar refractivity (Wildman–Crippen MR) is 70.9 cm³/mol. The molecular weight excluding hydrogens is 266 g/mol. The summed E-state index contributed by atoms with van der Waals surface area (Å²) in [4.78, 5) is 34.5. The van der Waals surface area contributed by atoms with E-state index in [0.29, 0.717) is 0 Å². The van der Waals surface area contributed by atoms with Gasteiger partial charge in [0.05, 0.1) is 7.11 Å². The highest BCUT2D eigenvalue weighted by Crippen LogP contribution is 2.10. The molecule has 0 aliphatic rings. The SMILES string of the molecule is COCC(=O)N[C@@H](CCC(=O)OC(C)(C)C)C(=O)OC. The topological polar surface area (TPSA) is 90.9 Å². The monoisotopic (exact) mass is 289 g/mol. The second-order valence-electron chi connectivity index (χ2n) is 5.20. The van der Waals surface area contributed by atoms with Gasteiger partial charge < -0.3 is 19.5 Å². The van der Waals surface area contributed by atoms with E-state index in [1.807, 2.05) is 0 Å². The molecule has 0 saturated carbocycles. The van der Waals surface area contributed by atoms with Gasteiger partial charge in [-0.15, -0.1) is 0 Å². The smallest absolute Gasteiger partial charge is 0.328 e. The third-order valence-corrected chi connectivity index (χ3v) is 2.15. The minimum Gasteiger partial charge on any atom is -0.467 e. The molecule has 1 amide bonds. The molecule has 0 bridgehead atoms. The van der Waals surface area contributed by atoms with Crippen LogP contribution in [0.3, 0.4) is 0 Å². The van der Waals surface area contributed by atoms with Crippen LogP contribution in [0, 0.1) is 0 Å². The summed E-state index contributed by atoms with van der Waals surface area (Å²) in [7, 11) is 2.58. The Bertz CT molecular complexity index is 347. The number of hydrogen-bond donors (Lipinski definition) is 1. The molecule has 0 unspecified atom stereocenters. The summed E-state index contributed by atoms with van der Waals surface area (Å²) >= 11 is 0. The van der Waals surface area contributed by atoms with Gasteiger partial charge in [0.1, 0.15) is 18.2 Å². The van der Waals surface area contributed by atoms with E-state index in [4.69, 9.17) is 4.74 Å². The molecule has 20 heavy (non-hydrogen) atoms. The lowest BCUT2D eigenvalue weighted by atomic mass is 10.1. The molecule has 0 saturated heterocycles. The van der Waals surface area contributed by atoms with Crippen molar-refractivity contribution in [2.45, 2.75) is 45.3 Å². The van der Waals surface area contributed by atoms with Gasteiger partial charge in [-0.05, 0) is 27.2 Å². The Balaban J connectivity index is 4.41. The molecule has 1 atom stereocenters. The Morgan fingerprint density at radius 2 is 1.75 bits per heavy atom. The zero-order chi connectivity index (χ0) is 15.8. The first kappa shape index (κ1) is 18.4. The van der Waals surface area contributed by atoms with Crippen molar-refractivity contribution in [3.63, 3.8) is 0 Å². The van der Waals surface area contributed by atoms with Crippen molar-refractivity contribution < 1.29 is 28.6 Å². The molecule has 7 nitrogen and oxygen atoms in total. The van der Waals surface area contributed by atoms with Crippen LogP contribution < -0.4 is 5.32 Å². The van der Waals surface area contributed by atoms with E-state index >= 15 is 0 Å². The third kappa shape index (κ3) is 8.47. The Hall–Kier alpha value is -1.63. The first-order chi connectivity index (χ1) is 9.19. The molecule has 0 fully saturated rings. The van der Waals surface area contributed by atoms with E-state index in [9.17, 15) is 14.4 Å². The van der Waals surface area contributed by atoms with Crippen LogP contribution >= 0.6 is 0 Å². The lowest BCUT2D eigenvalue weighted by Gasteiger charge is -2.21. The zero-order valence-corrected chi connectivity index (χ0v) is 12.6. The maximum Gasteiger partial charge on any atom is 0.328 e. The molecule has 0 aromatic rings. The van der Waals surface area contributed by atoms with Crippen molar-refractivity contribution in [3.8, 4) is 0 Å². The Morgan fingerprint density at radius 3 is 2.20 bits per heavy atom. The second-order valence-corrected chi connectivity index (χ2v) is 5.20.